The summed E-state index contributed by atoms with van der Waals surface area (Å²) in [4.78, 5) is 0. The van der Waals surface area contributed by atoms with E-state index in [1.165, 1.54) is 5.56 Å². The Labute approximate surface area is 160 Å². The van der Waals surface area contributed by atoms with E-state index in [-0.39, 0.29) is 0 Å². The summed E-state index contributed by atoms with van der Waals surface area (Å²) in [6.45, 7) is 6.04. The van der Waals surface area contributed by atoms with Crippen molar-refractivity contribution < 1.29 is 17.0 Å². The summed E-state index contributed by atoms with van der Waals surface area (Å²) in [5, 5.41) is 0.896. The fraction of sp³-hybridized carbons (Fsp3) is 0.333. The molecule has 1 heterocycles. The van der Waals surface area contributed by atoms with Crippen molar-refractivity contribution in [3.63, 3.8) is 0 Å². The Morgan fingerprint density at radius 1 is 1.00 bits per heavy atom. The van der Waals surface area contributed by atoms with Crippen LogP contribution in [0.5, 0.6) is 0 Å². The van der Waals surface area contributed by atoms with E-state index in [1.807, 2.05) is 12.1 Å². The Kier molecular flexibility index (Phi) is 5.42. The summed E-state index contributed by atoms with van der Waals surface area (Å²) in [5.74, 6) is 0.465. The second kappa shape index (κ2) is 7.46. The van der Waals surface area contributed by atoms with Gasteiger partial charge in [-0.15, -0.1) is 0 Å². The fourth-order valence-electron chi connectivity index (χ4n) is 3.13. The topological polar surface area (TPSA) is 82.5 Å². The molecule has 2 unspecified atom stereocenters. The highest BCUT2D eigenvalue weighted by Gasteiger charge is 2.23. The lowest BCUT2D eigenvalue weighted by Gasteiger charge is -2.20. The Hall–Kier alpha value is -2.15. The average molecular weight is 388 g/mol. The Bertz CT molecular complexity index is 1030. The first-order valence-corrected chi connectivity index (χ1v) is 10.7. The Morgan fingerprint density at radius 3 is 2.19 bits per heavy atom. The van der Waals surface area contributed by atoms with Gasteiger partial charge in [-0.25, -0.2) is 0 Å². The molecule has 0 saturated heterocycles. The van der Waals surface area contributed by atoms with Crippen LogP contribution in [0.2, 0.25) is 0 Å². The lowest BCUT2D eigenvalue weighted by atomic mass is 9.97. The van der Waals surface area contributed by atoms with Crippen LogP contribution in [0.25, 0.3) is 22.1 Å². The summed E-state index contributed by atoms with van der Waals surface area (Å²) >= 11 is 0. The van der Waals surface area contributed by atoms with Gasteiger partial charge in [0.2, 0.25) is 0 Å². The molecule has 0 aliphatic carbocycles. The maximum atomic E-state index is 11.6. The molecular weight excluding hydrogens is 362 g/mol. The van der Waals surface area contributed by atoms with Crippen molar-refractivity contribution >= 4 is 21.1 Å². The van der Waals surface area contributed by atoms with Crippen molar-refractivity contribution in [1.29, 1.82) is 0 Å². The van der Waals surface area contributed by atoms with Gasteiger partial charge in [-0.3, -0.25) is 4.18 Å². The van der Waals surface area contributed by atoms with Gasteiger partial charge in [0.1, 0.15) is 11.7 Å². The van der Waals surface area contributed by atoms with Crippen LogP contribution in [0, 0.1) is 0 Å². The fourth-order valence-corrected chi connectivity index (χ4v) is 3.79. The number of rotatable bonds is 6. The third kappa shape index (κ3) is 4.40. The molecule has 1 aromatic heterocycles. The van der Waals surface area contributed by atoms with Gasteiger partial charge in [0.05, 0.1) is 12.5 Å². The number of nitrogens with two attached hydrogens (primary N) is 1. The summed E-state index contributed by atoms with van der Waals surface area (Å²) in [6, 6.07) is 13.4. The highest BCUT2D eigenvalue weighted by molar-refractivity contribution is 7.86. The van der Waals surface area contributed by atoms with Crippen LogP contribution in [-0.2, 0) is 14.3 Å². The van der Waals surface area contributed by atoms with Gasteiger partial charge in [-0.05, 0) is 41.7 Å². The molecule has 0 bridgehead atoms. The van der Waals surface area contributed by atoms with Crippen molar-refractivity contribution in [2.24, 2.45) is 5.73 Å². The third-order valence-corrected chi connectivity index (χ3v) is 5.13. The van der Waals surface area contributed by atoms with Gasteiger partial charge < -0.3 is 10.2 Å². The van der Waals surface area contributed by atoms with E-state index in [1.54, 1.807) is 19.3 Å². The average Bonchev–Trinajstić information content (AvgIpc) is 3.02. The largest absolute Gasteiger partial charge is 0.464 e. The van der Waals surface area contributed by atoms with Crippen molar-refractivity contribution in [3.8, 4) is 11.1 Å². The minimum Gasteiger partial charge on any atom is -0.464 e. The first kappa shape index (κ1) is 19.6. The number of furan rings is 1. The highest BCUT2D eigenvalue weighted by Crippen LogP contribution is 2.34. The van der Waals surface area contributed by atoms with E-state index in [2.05, 4.69) is 38.1 Å². The molecule has 0 spiro atoms. The minimum absolute atomic E-state index is 0.465. The normalized spacial score (nSPS) is 14.6. The van der Waals surface area contributed by atoms with E-state index < -0.39 is 22.3 Å². The molecule has 2 atom stereocenters. The Balaban J connectivity index is 2.05. The van der Waals surface area contributed by atoms with Crippen LogP contribution >= 0.6 is 0 Å². The van der Waals surface area contributed by atoms with Gasteiger partial charge >= 0.3 is 0 Å². The maximum absolute atomic E-state index is 11.6. The molecule has 5 nitrogen and oxygen atoms in total. The van der Waals surface area contributed by atoms with Crippen molar-refractivity contribution in [1.82, 2.24) is 0 Å². The van der Waals surface area contributed by atoms with E-state index in [4.69, 9.17) is 14.3 Å². The number of benzene rings is 2. The predicted molar refractivity (Wildman–Crippen MR) is 108 cm³/mol. The quantitative estimate of drug-likeness (QED) is 0.626. The molecule has 0 fully saturated rings. The van der Waals surface area contributed by atoms with Crippen LogP contribution in [0.4, 0.5) is 0 Å². The van der Waals surface area contributed by atoms with Crippen molar-refractivity contribution in [2.45, 2.75) is 38.8 Å². The standard InChI is InChI=1S/C21H25NO4S/c1-13(2)15-5-7-16(8-6-15)19-12-25-20-10-9-17(11-18(19)20)21(14(3)22)26-27(4,23)24/h5-14,21H,22H2,1-4H3. The Morgan fingerprint density at radius 2 is 1.63 bits per heavy atom. The van der Waals surface area contributed by atoms with Gasteiger partial charge in [0, 0.05) is 17.0 Å². The predicted octanol–water partition coefficient (Wildman–Crippen LogP) is 4.59. The molecule has 3 rings (SSSR count). The summed E-state index contributed by atoms with van der Waals surface area (Å²) in [5.41, 5.74) is 10.7. The lowest BCUT2D eigenvalue weighted by molar-refractivity contribution is 0.190. The first-order valence-electron chi connectivity index (χ1n) is 8.91. The zero-order valence-electron chi connectivity index (χ0n) is 16.0. The minimum atomic E-state index is -3.64. The molecule has 2 aromatic carbocycles. The molecule has 0 saturated carbocycles. The second-order valence-electron chi connectivity index (χ2n) is 7.26. The van der Waals surface area contributed by atoms with E-state index in [0.29, 0.717) is 11.5 Å². The summed E-state index contributed by atoms with van der Waals surface area (Å²) in [7, 11) is -3.64. The zero-order chi connectivity index (χ0) is 19.8. The van der Waals surface area contributed by atoms with Crippen molar-refractivity contribution in [2.75, 3.05) is 6.26 Å². The molecule has 144 valence electrons. The van der Waals surface area contributed by atoms with Gasteiger partial charge in [-0.2, -0.15) is 8.42 Å². The highest BCUT2D eigenvalue weighted by atomic mass is 32.2. The molecule has 0 amide bonds. The number of hydrogen-bond acceptors (Lipinski definition) is 5. The lowest BCUT2D eigenvalue weighted by Crippen LogP contribution is -2.28. The van der Waals surface area contributed by atoms with Crippen LogP contribution in [0.3, 0.4) is 0 Å². The molecule has 2 N–H and O–H groups in total. The van der Waals surface area contributed by atoms with Gasteiger partial charge in [0.15, 0.2) is 0 Å². The number of hydrogen-bond donors (Lipinski definition) is 1. The molecule has 3 aromatic rings. The van der Waals surface area contributed by atoms with E-state index in [0.717, 1.165) is 28.4 Å². The van der Waals surface area contributed by atoms with E-state index in [9.17, 15) is 8.42 Å². The van der Waals surface area contributed by atoms with Gasteiger partial charge in [0.25, 0.3) is 10.1 Å². The summed E-state index contributed by atoms with van der Waals surface area (Å²) in [6.07, 6.45) is 1.99. The molecular formula is C21H25NO4S. The van der Waals surface area contributed by atoms with Crippen LogP contribution in [-0.4, -0.2) is 20.7 Å². The molecule has 0 aliphatic heterocycles. The maximum Gasteiger partial charge on any atom is 0.265 e. The zero-order valence-corrected chi connectivity index (χ0v) is 16.8. The van der Waals surface area contributed by atoms with E-state index >= 15 is 0 Å². The molecule has 0 radical (unpaired) electrons. The molecule has 0 aliphatic rings. The molecule has 6 heteroatoms. The third-order valence-electron chi connectivity index (χ3n) is 4.57. The SMILES string of the molecule is CC(C)c1ccc(-c2coc3ccc(C(OS(C)(=O)=O)C(C)N)cc23)cc1. The second-order valence-corrected chi connectivity index (χ2v) is 8.86. The smallest absolute Gasteiger partial charge is 0.265 e. The summed E-state index contributed by atoms with van der Waals surface area (Å²) < 4.78 is 34.1. The number of fused-ring (bicyclic) bond motifs is 1. The van der Waals surface area contributed by atoms with Crippen molar-refractivity contribution in [3.05, 3.63) is 59.9 Å². The molecule has 27 heavy (non-hydrogen) atoms. The first-order chi connectivity index (χ1) is 12.7. The van der Waals surface area contributed by atoms with Crippen LogP contribution in [0.15, 0.2) is 53.1 Å². The van der Waals surface area contributed by atoms with Crippen LogP contribution < -0.4 is 5.73 Å². The monoisotopic (exact) mass is 387 g/mol. The van der Waals surface area contributed by atoms with Crippen LogP contribution in [0.1, 0.15) is 43.9 Å². The van der Waals surface area contributed by atoms with Gasteiger partial charge in [-0.1, -0.05) is 44.2 Å².